The van der Waals surface area contributed by atoms with Gasteiger partial charge in [-0.25, -0.2) is 17.5 Å². The van der Waals surface area contributed by atoms with Crippen molar-refractivity contribution in [3.8, 4) is 0 Å². The zero-order valence-corrected chi connectivity index (χ0v) is 11.8. The van der Waals surface area contributed by atoms with Gasteiger partial charge in [0.05, 0.1) is 4.90 Å². The normalized spacial score (nSPS) is 15.7. The summed E-state index contributed by atoms with van der Waals surface area (Å²) < 4.78 is 40.1. The van der Waals surface area contributed by atoms with Crippen LogP contribution in [0.25, 0.3) is 0 Å². The van der Waals surface area contributed by atoms with E-state index in [1.54, 1.807) is 7.05 Å². The molecule has 1 fully saturated rings. The predicted molar refractivity (Wildman–Crippen MR) is 71.7 cm³/mol. The molecule has 19 heavy (non-hydrogen) atoms. The van der Waals surface area contributed by atoms with Crippen LogP contribution in [-0.2, 0) is 16.6 Å². The molecule has 2 N–H and O–H groups in total. The highest BCUT2D eigenvalue weighted by Crippen LogP contribution is 2.31. The molecule has 1 aliphatic rings. The van der Waals surface area contributed by atoms with Gasteiger partial charge in [-0.1, -0.05) is 12.8 Å². The quantitative estimate of drug-likeness (QED) is 0.801. The Bertz CT molecular complexity index is 542. The molecule has 0 heterocycles. The molecule has 2 rings (SSSR count). The largest absolute Gasteiger partial charge is 0.316 e. The van der Waals surface area contributed by atoms with E-state index in [4.69, 9.17) is 0 Å². The topological polar surface area (TPSA) is 58.2 Å². The first-order valence-electron chi connectivity index (χ1n) is 6.45. The fourth-order valence-electron chi connectivity index (χ4n) is 1.93. The fraction of sp³-hybridized carbons (Fsp3) is 0.538. The minimum atomic E-state index is -3.53. The molecule has 1 aromatic carbocycles. The van der Waals surface area contributed by atoms with Gasteiger partial charge in [-0.15, -0.1) is 0 Å². The lowest BCUT2D eigenvalue weighted by Gasteiger charge is -2.09. The second-order valence-electron chi connectivity index (χ2n) is 4.91. The maximum atomic E-state index is 13.5. The van der Waals surface area contributed by atoms with Gasteiger partial charge in [-0.05, 0) is 37.6 Å². The Morgan fingerprint density at radius 1 is 1.37 bits per heavy atom. The predicted octanol–water partition coefficient (Wildman–Crippen LogP) is 1.62. The molecule has 4 nitrogen and oxygen atoms in total. The standard InChI is InChI=1S/C13H19FN2O2S/c1-15-9-11-8-12(4-5-13(11)14)19(17,18)16-7-6-10-2-3-10/h4-5,8,10,15-16H,2-3,6-7,9H2,1H3. The lowest BCUT2D eigenvalue weighted by atomic mass is 10.2. The highest BCUT2D eigenvalue weighted by Gasteiger charge is 2.22. The van der Waals surface area contributed by atoms with Crippen LogP contribution in [0.2, 0.25) is 0 Å². The zero-order chi connectivity index (χ0) is 13.9. The van der Waals surface area contributed by atoms with Crippen molar-refractivity contribution in [2.75, 3.05) is 13.6 Å². The Hall–Kier alpha value is -0.980. The highest BCUT2D eigenvalue weighted by atomic mass is 32.2. The number of nitrogens with one attached hydrogen (secondary N) is 2. The summed E-state index contributed by atoms with van der Waals surface area (Å²) in [6.07, 6.45) is 3.28. The molecule has 0 saturated heterocycles. The van der Waals surface area contributed by atoms with Crippen molar-refractivity contribution in [1.29, 1.82) is 0 Å². The Kier molecular flexibility index (Phi) is 4.54. The summed E-state index contributed by atoms with van der Waals surface area (Å²) in [5.74, 6) is 0.280. The van der Waals surface area contributed by atoms with Crippen LogP contribution >= 0.6 is 0 Å². The number of halogens is 1. The highest BCUT2D eigenvalue weighted by molar-refractivity contribution is 7.89. The Morgan fingerprint density at radius 2 is 2.11 bits per heavy atom. The smallest absolute Gasteiger partial charge is 0.240 e. The van der Waals surface area contributed by atoms with Crippen LogP contribution in [0.15, 0.2) is 23.1 Å². The number of rotatable bonds is 7. The maximum Gasteiger partial charge on any atom is 0.240 e. The van der Waals surface area contributed by atoms with E-state index in [2.05, 4.69) is 10.0 Å². The zero-order valence-electron chi connectivity index (χ0n) is 10.9. The van der Waals surface area contributed by atoms with Gasteiger partial charge < -0.3 is 5.32 Å². The molecule has 106 valence electrons. The summed E-state index contributed by atoms with van der Waals surface area (Å²) in [6.45, 7) is 0.753. The van der Waals surface area contributed by atoms with Crippen molar-refractivity contribution in [3.05, 3.63) is 29.6 Å². The third-order valence-electron chi connectivity index (χ3n) is 3.24. The van der Waals surface area contributed by atoms with Gasteiger partial charge in [0.25, 0.3) is 0 Å². The monoisotopic (exact) mass is 286 g/mol. The minimum Gasteiger partial charge on any atom is -0.316 e. The van der Waals surface area contributed by atoms with Crippen molar-refractivity contribution in [2.24, 2.45) is 5.92 Å². The van der Waals surface area contributed by atoms with Crippen LogP contribution in [0.3, 0.4) is 0 Å². The Balaban J connectivity index is 2.07. The van der Waals surface area contributed by atoms with Crippen LogP contribution in [0.1, 0.15) is 24.8 Å². The molecule has 0 bridgehead atoms. The molecule has 0 radical (unpaired) electrons. The van der Waals surface area contributed by atoms with Gasteiger partial charge in [0, 0.05) is 18.7 Å². The number of hydrogen-bond donors (Lipinski definition) is 2. The van der Waals surface area contributed by atoms with Crippen molar-refractivity contribution in [2.45, 2.75) is 30.7 Å². The summed E-state index contributed by atoms with van der Waals surface area (Å²) in [5.41, 5.74) is 0.354. The van der Waals surface area contributed by atoms with Crippen LogP contribution in [0, 0.1) is 11.7 Å². The number of sulfonamides is 1. The van der Waals surface area contributed by atoms with Gasteiger partial charge in [0.1, 0.15) is 5.82 Å². The molecule has 1 aromatic rings. The van der Waals surface area contributed by atoms with E-state index in [1.807, 2.05) is 0 Å². The van der Waals surface area contributed by atoms with Gasteiger partial charge in [0.15, 0.2) is 0 Å². The van der Waals surface area contributed by atoms with Gasteiger partial charge in [0.2, 0.25) is 10.0 Å². The van der Waals surface area contributed by atoms with Gasteiger partial charge in [-0.3, -0.25) is 0 Å². The average molecular weight is 286 g/mol. The van der Waals surface area contributed by atoms with Crippen molar-refractivity contribution >= 4 is 10.0 Å². The summed E-state index contributed by atoms with van der Waals surface area (Å²) in [6, 6.07) is 3.88. The maximum absolute atomic E-state index is 13.5. The summed E-state index contributed by atoms with van der Waals surface area (Å²) in [4.78, 5) is 0.120. The van der Waals surface area contributed by atoms with Crippen LogP contribution in [-0.4, -0.2) is 22.0 Å². The summed E-state index contributed by atoms with van der Waals surface area (Å²) in [7, 11) is -1.84. The molecule has 0 spiro atoms. The van der Waals surface area contributed by atoms with E-state index in [9.17, 15) is 12.8 Å². The first kappa shape index (κ1) is 14.4. The SMILES string of the molecule is CNCc1cc(S(=O)(=O)NCCC2CC2)ccc1F. The molecule has 0 aliphatic heterocycles. The summed E-state index contributed by atoms with van der Waals surface area (Å²) >= 11 is 0. The van der Waals surface area contributed by atoms with Crippen molar-refractivity contribution < 1.29 is 12.8 Å². The first-order chi connectivity index (χ1) is 9.03. The lowest BCUT2D eigenvalue weighted by Crippen LogP contribution is -2.25. The molecule has 0 unspecified atom stereocenters. The molecular weight excluding hydrogens is 267 g/mol. The molecular formula is C13H19FN2O2S. The second kappa shape index (κ2) is 5.98. The molecule has 6 heteroatoms. The third-order valence-corrected chi connectivity index (χ3v) is 4.70. The molecule has 0 amide bonds. The van der Waals surface area contributed by atoms with Gasteiger partial charge >= 0.3 is 0 Å². The van der Waals surface area contributed by atoms with E-state index in [0.717, 1.165) is 6.42 Å². The summed E-state index contributed by atoms with van der Waals surface area (Å²) in [5, 5.41) is 2.81. The van der Waals surface area contributed by atoms with Crippen molar-refractivity contribution in [1.82, 2.24) is 10.0 Å². The molecule has 1 aliphatic carbocycles. The second-order valence-corrected chi connectivity index (χ2v) is 6.68. The minimum absolute atomic E-state index is 0.120. The molecule has 0 aromatic heterocycles. The lowest BCUT2D eigenvalue weighted by molar-refractivity contribution is 0.572. The third kappa shape index (κ3) is 3.99. The van der Waals surface area contributed by atoms with Crippen molar-refractivity contribution in [3.63, 3.8) is 0 Å². The van der Waals surface area contributed by atoms with E-state index < -0.39 is 15.8 Å². The number of hydrogen-bond acceptors (Lipinski definition) is 3. The average Bonchev–Trinajstić information content (AvgIpc) is 3.16. The Morgan fingerprint density at radius 3 is 2.74 bits per heavy atom. The van der Waals surface area contributed by atoms with E-state index in [0.29, 0.717) is 24.6 Å². The Labute approximate surface area is 113 Å². The van der Waals surface area contributed by atoms with E-state index >= 15 is 0 Å². The van der Waals surface area contributed by atoms with Crippen LogP contribution in [0.5, 0.6) is 0 Å². The van der Waals surface area contributed by atoms with Crippen LogP contribution in [0.4, 0.5) is 4.39 Å². The fourth-order valence-corrected chi connectivity index (χ4v) is 3.03. The van der Waals surface area contributed by atoms with Gasteiger partial charge in [-0.2, -0.15) is 0 Å². The number of benzene rings is 1. The van der Waals surface area contributed by atoms with Crippen LogP contribution < -0.4 is 10.0 Å². The van der Waals surface area contributed by atoms with E-state index in [1.165, 1.54) is 31.0 Å². The van der Waals surface area contributed by atoms with E-state index in [-0.39, 0.29) is 4.90 Å². The molecule has 1 saturated carbocycles. The molecule has 0 atom stereocenters. The first-order valence-corrected chi connectivity index (χ1v) is 7.94.